The standard InChI is InChI=1S/C28H36N2O4/c1-6-29(7-2)17-8-18-30-25(21-13-15-23(16-14-21)34-19(3)4)24(27(32)28(30)33)26(31)22-11-9-20(5)10-12-22/h9-16,19,25,31H,6-8,17-18H2,1-5H3/t25-/m1/s1. The summed E-state index contributed by atoms with van der Waals surface area (Å²) >= 11 is 0. The van der Waals surface area contributed by atoms with Crippen LogP contribution in [0.4, 0.5) is 0 Å². The third-order valence-electron chi connectivity index (χ3n) is 6.20. The number of benzene rings is 2. The molecule has 1 atom stereocenters. The van der Waals surface area contributed by atoms with Gasteiger partial charge in [-0.05, 0) is 64.5 Å². The minimum atomic E-state index is -0.647. The lowest BCUT2D eigenvalue weighted by atomic mass is 9.95. The summed E-state index contributed by atoms with van der Waals surface area (Å²) in [5, 5.41) is 11.2. The summed E-state index contributed by atoms with van der Waals surface area (Å²) in [5.41, 5.74) is 2.48. The van der Waals surface area contributed by atoms with Crippen molar-refractivity contribution in [3.63, 3.8) is 0 Å². The number of hydrogen-bond donors (Lipinski definition) is 1. The van der Waals surface area contributed by atoms with Crippen molar-refractivity contribution in [2.45, 2.75) is 53.2 Å². The molecule has 34 heavy (non-hydrogen) atoms. The Hall–Kier alpha value is -3.12. The van der Waals surface area contributed by atoms with Gasteiger partial charge in [-0.3, -0.25) is 9.59 Å². The Morgan fingerprint density at radius 1 is 1.03 bits per heavy atom. The van der Waals surface area contributed by atoms with Crippen LogP contribution in [-0.2, 0) is 9.59 Å². The Balaban J connectivity index is 2.01. The van der Waals surface area contributed by atoms with Gasteiger partial charge in [0.1, 0.15) is 11.5 Å². The number of amides is 1. The van der Waals surface area contributed by atoms with Crippen molar-refractivity contribution in [1.82, 2.24) is 9.80 Å². The van der Waals surface area contributed by atoms with E-state index >= 15 is 0 Å². The molecule has 1 saturated heterocycles. The maximum Gasteiger partial charge on any atom is 0.295 e. The van der Waals surface area contributed by atoms with Crippen LogP contribution in [0.5, 0.6) is 5.75 Å². The van der Waals surface area contributed by atoms with Gasteiger partial charge in [-0.15, -0.1) is 0 Å². The Kier molecular flexibility index (Phi) is 8.51. The lowest BCUT2D eigenvalue weighted by Crippen LogP contribution is -2.33. The molecule has 3 rings (SSSR count). The Morgan fingerprint density at radius 2 is 1.65 bits per heavy atom. The number of aliphatic hydroxyl groups excluding tert-OH is 1. The van der Waals surface area contributed by atoms with Crippen molar-refractivity contribution in [2.24, 2.45) is 0 Å². The van der Waals surface area contributed by atoms with Crippen LogP contribution < -0.4 is 4.74 Å². The molecule has 0 aromatic heterocycles. The van der Waals surface area contributed by atoms with Crippen molar-refractivity contribution in [2.75, 3.05) is 26.2 Å². The monoisotopic (exact) mass is 464 g/mol. The van der Waals surface area contributed by atoms with E-state index in [1.54, 1.807) is 17.0 Å². The number of aliphatic hydroxyl groups is 1. The average Bonchev–Trinajstić information content (AvgIpc) is 3.07. The van der Waals surface area contributed by atoms with E-state index in [9.17, 15) is 14.7 Å². The number of aryl methyl sites for hydroxylation is 1. The number of rotatable bonds is 10. The third-order valence-corrected chi connectivity index (χ3v) is 6.20. The predicted octanol–water partition coefficient (Wildman–Crippen LogP) is 4.94. The highest BCUT2D eigenvalue weighted by atomic mass is 16.5. The molecule has 0 saturated carbocycles. The first kappa shape index (κ1) is 25.5. The van der Waals surface area contributed by atoms with Crippen molar-refractivity contribution >= 4 is 17.4 Å². The number of Topliss-reactive ketones (excluding diaryl/α,β-unsaturated/α-hetero) is 1. The SMILES string of the molecule is CCN(CC)CCCN1C(=O)C(=O)C(=C(O)c2ccc(C)cc2)[C@H]1c1ccc(OC(C)C)cc1. The van der Waals surface area contributed by atoms with Gasteiger partial charge in [0.15, 0.2) is 0 Å². The fourth-order valence-corrected chi connectivity index (χ4v) is 4.33. The number of carbonyl (C=O) groups excluding carboxylic acids is 2. The van der Waals surface area contributed by atoms with Crippen LogP contribution in [-0.4, -0.2) is 58.9 Å². The smallest absolute Gasteiger partial charge is 0.295 e. The molecule has 1 fully saturated rings. The first-order chi connectivity index (χ1) is 16.3. The lowest BCUT2D eigenvalue weighted by Gasteiger charge is -2.27. The van der Waals surface area contributed by atoms with Crippen LogP contribution in [0.3, 0.4) is 0 Å². The molecular formula is C28H36N2O4. The maximum atomic E-state index is 13.2. The number of nitrogens with zero attached hydrogens (tertiary/aromatic N) is 2. The summed E-state index contributed by atoms with van der Waals surface area (Å²) in [6, 6.07) is 14.1. The maximum absolute atomic E-state index is 13.2. The molecule has 1 N–H and O–H groups in total. The highest BCUT2D eigenvalue weighted by molar-refractivity contribution is 6.46. The third kappa shape index (κ3) is 5.68. The molecule has 6 heteroatoms. The second-order valence-electron chi connectivity index (χ2n) is 8.97. The van der Waals surface area contributed by atoms with Crippen molar-refractivity contribution < 1.29 is 19.4 Å². The van der Waals surface area contributed by atoms with Gasteiger partial charge in [0, 0.05) is 12.1 Å². The summed E-state index contributed by atoms with van der Waals surface area (Å²) in [6.45, 7) is 13.2. The average molecular weight is 465 g/mol. The molecule has 0 bridgehead atoms. The highest BCUT2D eigenvalue weighted by Gasteiger charge is 2.45. The molecule has 1 aliphatic heterocycles. The number of ether oxygens (including phenoxy) is 1. The van der Waals surface area contributed by atoms with E-state index in [-0.39, 0.29) is 17.4 Å². The van der Waals surface area contributed by atoms with E-state index in [2.05, 4.69) is 18.7 Å². The van der Waals surface area contributed by atoms with Gasteiger partial charge in [-0.1, -0.05) is 55.8 Å². The van der Waals surface area contributed by atoms with E-state index in [1.807, 2.05) is 57.2 Å². The molecule has 2 aromatic rings. The Labute approximate surface area is 202 Å². The van der Waals surface area contributed by atoms with Gasteiger partial charge in [-0.25, -0.2) is 0 Å². The van der Waals surface area contributed by atoms with Crippen LogP contribution in [0, 0.1) is 6.92 Å². The highest BCUT2D eigenvalue weighted by Crippen LogP contribution is 2.40. The molecular weight excluding hydrogens is 428 g/mol. The normalized spacial score (nSPS) is 17.7. The fourth-order valence-electron chi connectivity index (χ4n) is 4.33. The second kappa shape index (κ2) is 11.3. The van der Waals surface area contributed by atoms with E-state index in [0.29, 0.717) is 12.1 Å². The van der Waals surface area contributed by atoms with Gasteiger partial charge in [-0.2, -0.15) is 0 Å². The topological polar surface area (TPSA) is 70.1 Å². The summed E-state index contributed by atoms with van der Waals surface area (Å²) in [5.74, 6) is -0.637. The number of likely N-dealkylation sites (tertiary alicyclic amines) is 1. The molecule has 0 spiro atoms. The first-order valence-corrected chi connectivity index (χ1v) is 12.1. The van der Waals surface area contributed by atoms with Gasteiger partial charge < -0.3 is 19.6 Å². The van der Waals surface area contributed by atoms with Crippen molar-refractivity contribution in [3.05, 3.63) is 70.8 Å². The molecule has 182 valence electrons. The quantitative estimate of drug-likeness (QED) is 0.307. The zero-order chi connectivity index (χ0) is 24.8. The van der Waals surface area contributed by atoms with E-state index in [1.165, 1.54) is 0 Å². The zero-order valence-corrected chi connectivity index (χ0v) is 20.9. The molecule has 6 nitrogen and oxygen atoms in total. The zero-order valence-electron chi connectivity index (χ0n) is 20.9. The molecule has 1 heterocycles. The lowest BCUT2D eigenvalue weighted by molar-refractivity contribution is -0.140. The van der Waals surface area contributed by atoms with Crippen LogP contribution in [0.15, 0.2) is 54.1 Å². The molecule has 1 amide bonds. The van der Waals surface area contributed by atoms with Crippen LogP contribution >= 0.6 is 0 Å². The number of carbonyl (C=O) groups is 2. The fraction of sp³-hybridized carbons (Fsp3) is 0.429. The predicted molar refractivity (Wildman–Crippen MR) is 135 cm³/mol. The minimum Gasteiger partial charge on any atom is -0.507 e. The molecule has 0 unspecified atom stereocenters. The van der Waals surface area contributed by atoms with Crippen molar-refractivity contribution in [1.29, 1.82) is 0 Å². The molecule has 0 aliphatic carbocycles. The summed E-state index contributed by atoms with van der Waals surface area (Å²) in [7, 11) is 0. The Morgan fingerprint density at radius 3 is 2.21 bits per heavy atom. The summed E-state index contributed by atoms with van der Waals surface area (Å²) < 4.78 is 5.76. The first-order valence-electron chi connectivity index (χ1n) is 12.1. The van der Waals surface area contributed by atoms with Crippen LogP contribution in [0.2, 0.25) is 0 Å². The molecule has 0 radical (unpaired) electrons. The van der Waals surface area contributed by atoms with Crippen LogP contribution in [0.25, 0.3) is 5.76 Å². The van der Waals surface area contributed by atoms with E-state index in [4.69, 9.17) is 4.74 Å². The molecule has 1 aliphatic rings. The van der Waals surface area contributed by atoms with Crippen LogP contribution in [0.1, 0.15) is 56.8 Å². The van der Waals surface area contributed by atoms with Gasteiger partial charge >= 0.3 is 0 Å². The van der Waals surface area contributed by atoms with E-state index < -0.39 is 17.7 Å². The second-order valence-corrected chi connectivity index (χ2v) is 8.97. The summed E-state index contributed by atoms with van der Waals surface area (Å²) in [4.78, 5) is 30.2. The summed E-state index contributed by atoms with van der Waals surface area (Å²) in [6.07, 6.45) is 0.780. The van der Waals surface area contributed by atoms with Gasteiger partial charge in [0.2, 0.25) is 0 Å². The minimum absolute atomic E-state index is 0.0399. The largest absolute Gasteiger partial charge is 0.507 e. The van der Waals surface area contributed by atoms with E-state index in [0.717, 1.165) is 42.9 Å². The van der Waals surface area contributed by atoms with Gasteiger partial charge in [0.05, 0.1) is 17.7 Å². The van der Waals surface area contributed by atoms with Crippen molar-refractivity contribution in [3.8, 4) is 5.75 Å². The number of hydrogen-bond acceptors (Lipinski definition) is 5. The molecule has 2 aromatic carbocycles. The number of ketones is 1. The van der Waals surface area contributed by atoms with Gasteiger partial charge in [0.25, 0.3) is 11.7 Å². The Bertz CT molecular complexity index is 1020.